The summed E-state index contributed by atoms with van der Waals surface area (Å²) in [4.78, 5) is 2.14. The van der Waals surface area contributed by atoms with Gasteiger partial charge in [-0.15, -0.1) is 0 Å². The largest absolute Gasteiger partial charge is 0.389 e. The fourth-order valence-electron chi connectivity index (χ4n) is 2.46. The average molecular weight is 269 g/mol. The van der Waals surface area contributed by atoms with Crippen LogP contribution in [0.4, 0.5) is 0 Å². The number of rotatable bonds is 5. The summed E-state index contributed by atoms with van der Waals surface area (Å²) in [5.41, 5.74) is 3.08. The lowest BCUT2D eigenvalue weighted by molar-refractivity contribution is 0.0425. The zero-order valence-corrected chi connectivity index (χ0v) is 12.5. The molecule has 0 saturated carbocycles. The average Bonchev–Trinajstić information content (AvgIpc) is 2.38. The van der Waals surface area contributed by atoms with Crippen LogP contribution in [0.3, 0.4) is 0 Å². The van der Waals surface area contributed by atoms with Gasteiger partial charge in [-0.2, -0.15) is 0 Å². The maximum Gasteiger partial charge on any atom is 0.0718 e. The first kappa shape index (κ1) is 14.8. The molecule has 0 amide bonds. The minimum Gasteiger partial charge on any atom is -0.389 e. The van der Waals surface area contributed by atoms with Gasteiger partial charge in [-0.05, 0) is 37.6 Å². The van der Waals surface area contributed by atoms with E-state index in [-0.39, 0.29) is 0 Å². The first-order valence-electron chi connectivity index (χ1n) is 6.99. The maximum absolute atomic E-state index is 9.82. The molecule has 1 N–H and O–H groups in total. The van der Waals surface area contributed by atoms with Crippen molar-refractivity contribution in [2.45, 2.75) is 26.0 Å². The molecular formula is C18H23NO. The standard InChI is InChI=1S/C18H23NO/c1-18(2,20)14-19(3)13-15-9-11-17(12-10-15)16-7-5-4-6-8-16/h4-12,20H,13-14H2,1-3H3. The smallest absolute Gasteiger partial charge is 0.0718 e. The van der Waals surface area contributed by atoms with Crippen LogP contribution in [0, 0.1) is 0 Å². The van der Waals surface area contributed by atoms with Crippen molar-refractivity contribution < 1.29 is 5.11 Å². The predicted molar refractivity (Wildman–Crippen MR) is 84.5 cm³/mol. The second-order valence-electron chi connectivity index (χ2n) is 6.05. The van der Waals surface area contributed by atoms with E-state index in [2.05, 4.69) is 53.4 Å². The van der Waals surface area contributed by atoms with E-state index in [0.29, 0.717) is 6.54 Å². The number of hydrogen-bond donors (Lipinski definition) is 1. The van der Waals surface area contributed by atoms with E-state index in [1.807, 2.05) is 27.0 Å². The van der Waals surface area contributed by atoms with Crippen LogP contribution in [0.25, 0.3) is 11.1 Å². The molecule has 0 heterocycles. The van der Waals surface area contributed by atoms with E-state index >= 15 is 0 Å². The van der Waals surface area contributed by atoms with Crippen LogP contribution >= 0.6 is 0 Å². The lowest BCUT2D eigenvalue weighted by atomic mass is 10.0. The predicted octanol–water partition coefficient (Wildman–Crippen LogP) is 3.56. The van der Waals surface area contributed by atoms with Crippen molar-refractivity contribution in [2.24, 2.45) is 0 Å². The van der Waals surface area contributed by atoms with Crippen LogP contribution in [0.5, 0.6) is 0 Å². The number of likely N-dealkylation sites (N-methyl/N-ethyl adjacent to an activating group) is 1. The van der Waals surface area contributed by atoms with Crippen molar-refractivity contribution >= 4 is 0 Å². The van der Waals surface area contributed by atoms with Crippen LogP contribution in [0.2, 0.25) is 0 Å². The third kappa shape index (κ3) is 4.48. The first-order chi connectivity index (χ1) is 9.44. The Hall–Kier alpha value is -1.64. The Kier molecular flexibility index (Phi) is 4.58. The van der Waals surface area contributed by atoms with Gasteiger partial charge >= 0.3 is 0 Å². The van der Waals surface area contributed by atoms with E-state index in [9.17, 15) is 5.11 Å². The van der Waals surface area contributed by atoms with E-state index in [0.717, 1.165) is 6.54 Å². The van der Waals surface area contributed by atoms with Crippen molar-refractivity contribution in [1.82, 2.24) is 4.90 Å². The van der Waals surface area contributed by atoms with Gasteiger partial charge in [0.1, 0.15) is 0 Å². The molecule has 106 valence electrons. The highest BCUT2D eigenvalue weighted by Gasteiger charge is 2.15. The monoisotopic (exact) mass is 269 g/mol. The minimum absolute atomic E-state index is 0.654. The molecule has 0 saturated heterocycles. The molecule has 2 aromatic rings. The number of hydrogen-bond acceptors (Lipinski definition) is 2. The van der Waals surface area contributed by atoms with Gasteiger partial charge in [0.2, 0.25) is 0 Å². The number of aliphatic hydroxyl groups is 1. The quantitative estimate of drug-likeness (QED) is 0.897. The van der Waals surface area contributed by atoms with E-state index in [4.69, 9.17) is 0 Å². The second-order valence-corrected chi connectivity index (χ2v) is 6.05. The molecule has 0 aliphatic heterocycles. The van der Waals surface area contributed by atoms with Gasteiger partial charge in [0, 0.05) is 13.1 Å². The molecular weight excluding hydrogens is 246 g/mol. The fourth-order valence-corrected chi connectivity index (χ4v) is 2.46. The topological polar surface area (TPSA) is 23.5 Å². The summed E-state index contributed by atoms with van der Waals surface area (Å²) in [5, 5.41) is 9.82. The summed E-state index contributed by atoms with van der Waals surface area (Å²) in [6, 6.07) is 19.0. The summed E-state index contributed by atoms with van der Waals surface area (Å²) in [7, 11) is 2.03. The molecule has 2 aromatic carbocycles. The van der Waals surface area contributed by atoms with Crippen LogP contribution in [0.15, 0.2) is 54.6 Å². The third-order valence-corrected chi connectivity index (χ3v) is 3.17. The van der Waals surface area contributed by atoms with Gasteiger partial charge in [0.05, 0.1) is 5.60 Å². The Labute approximate surface area is 121 Å². The van der Waals surface area contributed by atoms with Crippen LogP contribution < -0.4 is 0 Å². The Morgan fingerprint density at radius 3 is 2.00 bits per heavy atom. The van der Waals surface area contributed by atoms with Crippen molar-refractivity contribution in [1.29, 1.82) is 0 Å². The minimum atomic E-state index is -0.654. The maximum atomic E-state index is 9.82. The summed E-state index contributed by atoms with van der Waals surface area (Å²) in [6.45, 7) is 5.18. The SMILES string of the molecule is CN(Cc1ccc(-c2ccccc2)cc1)CC(C)(C)O. The lowest BCUT2D eigenvalue weighted by Gasteiger charge is -2.25. The summed E-state index contributed by atoms with van der Waals surface area (Å²) in [5.74, 6) is 0. The van der Waals surface area contributed by atoms with Gasteiger partial charge in [0.25, 0.3) is 0 Å². The lowest BCUT2D eigenvalue weighted by Crippen LogP contribution is -2.35. The molecule has 2 nitrogen and oxygen atoms in total. The summed E-state index contributed by atoms with van der Waals surface area (Å²) < 4.78 is 0. The van der Waals surface area contributed by atoms with Crippen molar-refractivity contribution in [2.75, 3.05) is 13.6 Å². The molecule has 2 rings (SSSR count). The molecule has 20 heavy (non-hydrogen) atoms. The molecule has 2 heteroatoms. The van der Waals surface area contributed by atoms with E-state index < -0.39 is 5.60 Å². The van der Waals surface area contributed by atoms with Crippen LogP contribution in [0.1, 0.15) is 19.4 Å². The highest BCUT2D eigenvalue weighted by Crippen LogP contribution is 2.19. The van der Waals surface area contributed by atoms with E-state index in [1.54, 1.807) is 0 Å². The van der Waals surface area contributed by atoms with Crippen LogP contribution in [-0.4, -0.2) is 29.2 Å². The summed E-state index contributed by atoms with van der Waals surface area (Å²) in [6.07, 6.45) is 0. The van der Waals surface area contributed by atoms with Gasteiger partial charge in [-0.1, -0.05) is 54.6 Å². The molecule has 0 spiro atoms. The third-order valence-electron chi connectivity index (χ3n) is 3.17. The van der Waals surface area contributed by atoms with Crippen molar-refractivity contribution in [3.05, 3.63) is 60.2 Å². The van der Waals surface area contributed by atoms with Crippen LogP contribution in [-0.2, 0) is 6.54 Å². The number of benzene rings is 2. The molecule has 0 unspecified atom stereocenters. The van der Waals surface area contributed by atoms with Crippen molar-refractivity contribution in [3.63, 3.8) is 0 Å². The highest BCUT2D eigenvalue weighted by atomic mass is 16.3. The molecule has 0 bridgehead atoms. The Morgan fingerprint density at radius 1 is 0.900 bits per heavy atom. The fraction of sp³-hybridized carbons (Fsp3) is 0.333. The van der Waals surface area contributed by atoms with Crippen molar-refractivity contribution in [3.8, 4) is 11.1 Å². The first-order valence-corrected chi connectivity index (χ1v) is 6.99. The molecule has 0 aliphatic carbocycles. The molecule has 0 atom stereocenters. The molecule has 0 aliphatic rings. The molecule has 0 radical (unpaired) electrons. The van der Waals surface area contributed by atoms with Gasteiger partial charge in [-0.3, -0.25) is 4.90 Å². The zero-order valence-electron chi connectivity index (χ0n) is 12.5. The number of nitrogens with zero attached hydrogens (tertiary/aromatic N) is 1. The van der Waals surface area contributed by atoms with Gasteiger partial charge in [0.15, 0.2) is 0 Å². The Bertz CT molecular complexity index is 526. The zero-order chi connectivity index (χ0) is 14.6. The molecule has 0 fully saturated rings. The Morgan fingerprint density at radius 2 is 1.45 bits per heavy atom. The van der Waals surface area contributed by atoms with E-state index in [1.165, 1.54) is 16.7 Å². The normalized spacial score (nSPS) is 11.8. The Balaban J connectivity index is 2.02. The second kappa shape index (κ2) is 6.21. The highest BCUT2D eigenvalue weighted by molar-refractivity contribution is 5.63. The van der Waals surface area contributed by atoms with Gasteiger partial charge in [-0.25, -0.2) is 0 Å². The summed E-state index contributed by atoms with van der Waals surface area (Å²) >= 11 is 0. The molecule has 0 aromatic heterocycles. The van der Waals surface area contributed by atoms with Gasteiger partial charge < -0.3 is 5.11 Å².